The van der Waals surface area contributed by atoms with Gasteiger partial charge in [0.05, 0.1) is 6.42 Å². The molecule has 0 saturated carbocycles. The quantitative estimate of drug-likeness (QED) is 0.510. The molecule has 1 amide bonds. The Morgan fingerprint density at radius 3 is 2.73 bits per heavy atom. The summed E-state index contributed by atoms with van der Waals surface area (Å²) >= 11 is 0. The Kier molecular flexibility index (Phi) is 4.98. The molecule has 0 atom stereocenters. The first kappa shape index (κ1) is 9.81. The van der Waals surface area contributed by atoms with Crippen LogP contribution in [0.25, 0.3) is 0 Å². The van der Waals surface area contributed by atoms with Gasteiger partial charge in [0.1, 0.15) is 5.76 Å². The van der Waals surface area contributed by atoms with Crippen LogP contribution < -0.4 is 10.6 Å². The first-order valence-corrected chi connectivity index (χ1v) is 3.52. The van der Waals surface area contributed by atoms with Gasteiger partial charge >= 0.3 is 0 Å². The van der Waals surface area contributed by atoms with Crippen molar-refractivity contribution in [1.82, 2.24) is 10.6 Å². The molecule has 0 aliphatic rings. The van der Waals surface area contributed by atoms with Gasteiger partial charge in [0.2, 0.25) is 5.91 Å². The van der Waals surface area contributed by atoms with E-state index in [-0.39, 0.29) is 18.1 Å². The number of aliphatic hydroxyl groups is 1. The molecule has 4 nitrogen and oxygen atoms in total. The second-order valence-electron chi connectivity index (χ2n) is 2.05. The molecule has 0 radical (unpaired) electrons. The van der Waals surface area contributed by atoms with Gasteiger partial charge in [-0.15, -0.1) is 0 Å². The van der Waals surface area contributed by atoms with Crippen LogP contribution in [0.3, 0.4) is 0 Å². The number of rotatable bonds is 4. The molecule has 0 aromatic heterocycles. The number of carbonyl (C=O) groups is 1. The smallest absolute Gasteiger partial charge is 0.227 e. The normalized spacial score (nSPS) is 10.9. The van der Waals surface area contributed by atoms with Crippen LogP contribution in [0.4, 0.5) is 0 Å². The molecule has 0 unspecified atom stereocenters. The number of hydrogen-bond acceptors (Lipinski definition) is 3. The van der Waals surface area contributed by atoms with E-state index in [0.717, 1.165) is 0 Å². The highest BCUT2D eigenvalue weighted by atomic mass is 16.3. The van der Waals surface area contributed by atoms with Crippen molar-refractivity contribution in [1.29, 1.82) is 0 Å². The van der Waals surface area contributed by atoms with E-state index in [1.54, 1.807) is 7.05 Å². The first-order chi connectivity index (χ1) is 5.20. The molecule has 0 aromatic rings. The molecule has 0 rings (SSSR count). The first-order valence-electron chi connectivity index (χ1n) is 3.52. The van der Waals surface area contributed by atoms with Crippen LogP contribution in [0.2, 0.25) is 0 Å². The Morgan fingerprint density at radius 1 is 1.64 bits per heavy atom. The molecule has 4 heteroatoms. The summed E-state index contributed by atoms with van der Waals surface area (Å²) in [6.07, 6.45) is 1.42. The number of nitrogens with one attached hydrogen (secondary N) is 2. The minimum atomic E-state index is -0.170. The summed E-state index contributed by atoms with van der Waals surface area (Å²) in [4.78, 5) is 10.8. The number of aliphatic hydroxyl groups excluding tert-OH is 1. The predicted octanol–water partition coefficient (Wildman–Crippen LogP) is 0.131. The lowest BCUT2D eigenvalue weighted by Gasteiger charge is -2.00. The minimum absolute atomic E-state index is 0.0364. The lowest BCUT2D eigenvalue weighted by atomic mass is 10.3. The molecule has 0 aliphatic heterocycles. The summed E-state index contributed by atoms with van der Waals surface area (Å²) in [6.45, 7) is 2.42. The van der Waals surface area contributed by atoms with Crippen LogP contribution in [-0.2, 0) is 4.79 Å². The second kappa shape index (κ2) is 5.58. The molecule has 0 saturated heterocycles. The summed E-state index contributed by atoms with van der Waals surface area (Å²) in [5, 5.41) is 14.2. The van der Waals surface area contributed by atoms with E-state index in [1.165, 1.54) is 6.20 Å². The molecule has 64 valence electrons. The highest BCUT2D eigenvalue weighted by Gasteiger charge is 2.01. The lowest BCUT2D eigenvalue weighted by Crippen LogP contribution is -2.23. The zero-order chi connectivity index (χ0) is 8.69. The van der Waals surface area contributed by atoms with E-state index < -0.39 is 0 Å². The predicted molar refractivity (Wildman–Crippen MR) is 43.1 cm³/mol. The molecule has 0 aromatic carbocycles. The second-order valence-corrected chi connectivity index (χ2v) is 2.05. The van der Waals surface area contributed by atoms with Gasteiger partial charge in [-0.25, -0.2) is 0 Å². The average molecular weight is 158 g/mol. The van der Waals surface area contributed by atoms with Crippen molar-refractivity contribution in [3.05, 3.63) is 12.0 Å². The highest BCUT2D eigenvalue weighted by molar-refractivity contribution is 5.77. The summed E-state index contributed by atoms with van der Waals surface area (Å²) in [6, 6.07) is 0. The fourth-order valence-electron chi connectivity index (χ4n) is 0.642. The zero-order valence-electron chi connectivity index (χ0n) is 6.85. The van der Waals surface area contributed by atoms with E-state index in [1.807, 2.05) is 6.92 Å². The summed E-state index contributed by atoms with van der Waals surface area (Å²) in [5.74, 6) is -0.130. The SMILES string of the molecule is CCNC(=O)C/C(O)=C/NC. The summed E-state index contributed by atoms with van der Waals surface area (Å²) in [7, 11) is 1.66. The van der Waals surface area contributed by atoms with Crippen molar-refractivity contribution >= 4 is 5.91 Å². The molecule has 0 fully saturated rings. The van der Waals surface area contributed by atoms with Crippen LogP contribution in [0, 0.1) is 0 Å². The maximum Gasteiger partial charge on any atom is 0.227 e. The fraction of sp³-hybridized carbons (Fsp3) is 0.571. The van der Waals surface area contributed by atoms with E-state index in [0.29, 0.717) is 6.54 Å². The van der Waals surface area contributed by atoms with Crippen LogP contribution in [0.15, 0.2) is 12.0 Å². The van der Waals surface area contributed by atoms with Gasteiger partial charge in [-0.2, -0.15) is 0 Å². The molecule has 11 heavy (non-hydrogen) atoms. The summed E-state index contributed by atoms with van der Waals surface area (Å²) in [5.41, 5.74) is 0. The highest BCUT2D eigenvalue weighted by Crippen LogP contribution is 1.92. The van der Waals surface area contributed by atoms with Crippen LogP contribution in [0.5, 0.6) is 0 Å². The molecular weight excluding hydrogens is 144 g/mol. The van der Waals surface area contributed by atoms with Gasteiger partial charge in [-0.05, 0) is 6.92 Å². The van der Waals surface area contributed by atoms with Crippen LogP contribution in [0.1, 0.15) is 13.3 Å². The van der Waals surface area contributed by atoms with Gasteiger partial charge in [0.25, 0.3) is 0 Å². The number of amides is 1. The maximum absolute atomic E-state index is 10.8. The fourth-order valence-corrected chi connectivity index (χ4v) is 0.642. The molecule has 3 N–H and O–H groups in total. The third-order valence-electron chi connectivity index (χ3n) is 1.03. The van der Waals surface area contributed by atoms with E-state index in [9.17, 15) is 4.79 Å². The molecule has 0 aliphatic carbocycles. The standard InChI is InChI=1S/C7H14N2O2/c1-3-9-7(11)4-6(10)5-8-2/h5,8,10H,3-4H2,1-2H3,(H,9,11)/b6-5-. The lowest BCUT2D eigenvalue weighted by molar-refractivity contribution is -0.120. The minimum Gasteiger partial charge on any atom is -0.510 e. The largest absolute Gasteiger partial charge is 0.510 e. The van der Waals surface area contributed by atoms with Crippen LogP contribution >= 0.6 is 0 Å². The van der Waals surface area contributed by atoms with Gasteiger partial charge in [-0.3, -0.25) is 4.79 Å². The van der Waals surface area contributed by atoms with Crippen molar-refractivity contribution in [2.45, 2.75) is 13.3 Å². The monoisotopic (exact) mass is 158 g/mol. The van der Waals surface area contributed by atoms with E-state index in [2.05, 4.69) is 10.6 Å². The van der Waals surface area contributed by atoms with E-state index >= 15 is 0 Å². The Balaban J connectivity index is 3.66. The van der Waals surface area contributed by atoms with E-state index in [4.69, 9.17) is 5.11 Å². The molecule has 0 heterocycles. The Morgan fingerprint density at radius 2 is 2.27 bits per heavy atom. The van der Waals surface area contributed by atoms with Gasteiger partial charge in [0.15, 0.2) is 0 Å². The van der Waals surface area contributed by atoms with Crippen molar-refractivity contribution in [3.63, 3.8) is 0 Å². The average Bonchev–Trinajstić information content (AvgIpc) is 1.87. The number of hydrogen-bond donors (Lipinski definition) is 3. The van der Waals surface area contributed by atoms with Crippen molar-refractivity contribution < 1.29 is 9.90 Å². The van der Waals surface area contributed by atoms with Crippen molar-refractivity contribution in [3.8, 4) is 0 Å². The summed E-state index contributed by atoms with van der Waals surface area (Å²) < 4.78 is 0. The van der Waals surface area contributed by atoms with Crippen molar-refractivity contribution in [2.75, 3.05) is 13.6 Å². The Hall–Kier alpha value is -1.19. The van der Waals surface area contributed by atoms with Gasteiger partial charge in [0, 0.05) is 19.8 Å². The zero-order valence-corrected chi connectivity index (χ0v) is 6.85. The van der Waals surface area contributed by atoms with Gasteiger partial charge < -0.3 is 15.7 Å². The maximum atomic E-state index is 10.8. The molecule has 0 spiro atoms. The molecule has 0 bridgehead atoms. The topological polar surface area (TPSA) is 61.4 Å². The Labute approximate surface area is 66.3 Å². The number of carbonyl (C=O) groups excluding carboxylic acids is 1. The van der Waals surface area contributed by atoms with Crippen molar-refractivity contribution in [2.24, 2.45) is 0 Å². The third kappa shape index (κ3) is 5.26. The molecular formula is C7H14N2O2. The Bertz CT molecular complexity index is 155. The van der Waals surface area contributed by atoms with Crippen LogP contribution in [-0.4, -0.2) is 24.6 Å². The third-order valence-corrected chi connectivity index (χ3v) is 1.03. The van der Waals surface area contributed by atoms with Gasteiger partial charge in [-0.1, -0.05) is 0 Å².